The Bertz CT molecular complexity index is 533. The Balaban J connectivity index is 2.69. The molecule has 1 rings (SSSR count). The van der Waals surface area contributed by atoms with E-state index in [1.165, 1.54) is 12.1 Å². The number of carbonyl (C=O) groups excluding carboxylic acids is 2. The Morgan fingerprint density at radius 1 is 1.24 bits per heavy atom. The number of carbonyl (C=O) groups is 2. The second-order valence-corrected chi connectivity index (χ2v) is 5.01. The molecule has 0 unspecified atom stereocenters. The predicted molar refractivity (Wildman–Crippen MR) is 74.8 cm³/mol. The van der Waals surface area contributed by atoms with E-state index >= 15 is 0 Å². The lowest BCUT2D eigenvalue weighted by molar-refractivity contribution is -0.138. The molecule has 2 amide bonds. The smallest absolute Gasteiger partial charge is 0.356 e. The van der Waals surface area contributed by atoms with E-state index in [0.29, 0.717) is 6.54 Å². The first kappa shape index (κ1) is 17.5. The first-order chi connectivity index (χ1) is 9.75. The Morgan fingerprint density at radius 2 is 1.90 bits per heavy atom. The summed E-state index contributed by atoms with van der Waals surface area (Å²) in [5.41, 5.74) is -1.03. The van der Waals surface area contributed by atoms with Crippen molar-refractivity contribution in [2.24, 2.45) is 0 Å². The summed E-state index contributed by atoms with van der Waals surface area (Å²) in [5, 5.41) is 4.95. The monoisotopic (exact) mass is 366 g/mol. The van der Waals surface area contributed by atoms with Gasteiger partial charge in [-0.25, -0.2) is 0 Å². The molecule has 0 aliphatic heterocycles. The third kappa shape index (κ3) is 5.37. The van der Waals surface area contributed by atoms with Crippen molar-refractivity contribution in [2.75, 3.05) is 13.1 Å². The van der Waals surface area contributed by atoms with E-state index in [1.807, 2.05) is 0 Å². The lowest BCUT2D eigenvalue weighted by atomic mass is 10.1. The molecule has 0 bridgehead atoms. The second-order valence-electron chi connectivity index (χ2n) is 4.15. The molecule has 0 aliphatic rings. The molecular formula is C13H14BrF3N2O2. The van der Waals surface area contributed by atoms with E-state index in [1.54, 1.807) is 6.92 Å². The maximum Gasteiger partial charge on any atom is 0.417 e. The van der Waals surface area contributed by atoms with Crippen LogP contribution in [-0.4, -0.2) is 24.9 Å². The molecule has 0 atom stereocenters. The first-order valence-corrected chi connectivity index (χ1v) is 6.96. The normalized spacial score (nSPS) is 11.1. The van der Waals surface area contributed by atoms with Crippen LogP contribution in [0.1, 0.15) is 29.3 Å². The van der Waals surface area contributed by atoms with Crippen molar-refractivity contribution >= 4 is 27.7 Å². The molecular weight excluding hydrogens is 353 g/mol. The molecule has 1 aromatic rings. The van der Waals surface area contributed by atoms with Gasteiger partial charge in [0.1, 0.15) is 0 Å². The van der Waals surface area contributed by atoms with Gasteiger partial charge in [-0.15, -0.1) is 0 Å². The number of amides is 2. The average molecular weight is 367 g/mol. The summed E-state index contributed by atoms with van der Waals surface area (Å²) in [6, 6.07) is 3.22. The third-order valence-corrected chi connectivity index (χ3v) is 3.24. The Hall–Kier alpha value is -1.57. The molecule has 0 saturated carbocycles. The van der Waals surface area contributed by atoms with Crippen LogP contribution in [0.2, 0.25) is 0 Å². The van der Waals surface area contributed by atoms with Crippen LogP contribution in [0.15, 0.2) is 22.7 Å². The number of benzene rings is 1. The van der Waals surface area contributed by atoms with Gasteiger partial charge >= 0.3 is 6.18 Å². The molecule has 0 fully saturated rings. The predicted octanol–water partition coefficient (Wildman–Crippen LogP) is 2.72. The van der Waals surface area contributed by atoms with Gasteiger partial charge in [-0.1, -0.05) is 15.9 Å². The minimum Gasteiger partial charge on any atom is -0.356 e. The molecule has 0 heterocycles. The topological polar surface area (TPSA) is 58.2 Å². The fraction of sp³-hybridized carbons (Fsp3) is 0.385. The summed E-state index contributed by atoms with van der Waals surface area (Å²) >= 11 is 2.80. The van der Waals surface area contributed by atoms with Crippen LogP contribution in [-0.2, 0) is 11.0 Å². The van der Waals surface area contributed by atoms with Crippen LogP contribution in [0, 0.1) is 0 Å². The Kier molecular flexibility index (Phi) is 6.19. The zero-order chi connectivity index (χ0) is 16.0. The van der Waals surface area contributed by atoms with Gasteiger partial charge in [-0.2, -0.15) is 13.2 Å². The van der Waals surface area contributed by atoms with Crippen LogP contribution in [0.4, 0.5) is 13.2 Å². The fourth-order valence-electron chi connectivity index (χ4n) is 1.56. The summed E-state index contributed by atoms with van der Waals surface area (Å²) in [6.07, 6.45) is -4.47. The summed E-state index contributed by atoms with van der Waals surface area (Å²) < 4.78 is 38.0. The average Bonchev–Trinajstić information content (AvgIpc) is 2.38. The number of halogens is 4. The van der Waals surface area contributed by atoms with Crippen LogP contribution in [0.3, 0.4) is 0 Å². The molecule has 4 nitrogen and oxygen atoms in total. The van der Waals surface area contributed by atoms with E-state index in [0.717, 1.165) is 6.07 Å². The van der Waals surface area contributed by atoms with Crippen LogP contribution >= 0.6 is 15.9 Å². The van der Waals surface area contributed by atoms with Crippen molar-refractivity contribution in [2.45, 2.75) is 19.5 Å². The summed E-state index contributed by atoms with van der Waals surface area (Å²) in [5.74, 6) is -0.887. The van der Waals surface area contributed by atoms with Crippen molar-refractivity contribution in [1.82, 2.24) is 10.6 Å². The highest BCUT2D eigenvalue weighted by molar-refractivity contribution is 9.10. The summed E-state index contributed by atoms with van der Waals surface area (Å²) in [6.45, 7) is 2.30. The molecule has 0 aromatic heterocycles. The van der Waals surface area contributed by atoms with Gasteiger partial charge in [0, 0.05) is 29.5 Å². The molecule has 2 N–H and O–H groups in total. The van der Waals surface area contributed by atoms with Gasteiger partial charge in [-0.3, -0.25) is 9.59 Å². The highest BCUT2D eigenvalue weighted by atomic mass is 79.9. The van der Waals surface area contributed by atoms with Gasteiger partial charge in [0.2, 0.25) is 5.91 Å². The molecule has 8 heteroatoms. The lowest BCUT2D eigenvalue weighted by Gasteiger charge is -2.11. The highest BCUT2D eigenvalue weighted by Crippen LogP contribution is 2.35. The number of rotatable bonds is 5. The van der Waals surface area contributed by atoms with Gasteiger partial charge in [0.25, 0.3) is 5.91 Å². The van der Waals surface area contributed by atoms with Crippen LogP contribution < -0.4 is 10.6 Å². The quantitative estimate of drug-likeness (QED) is 0.841. The Labute approximate surface area is 128 Å². The maximum atomic E-state index is 12.7. The van der Waals surface area contributed by atoms with Crippen molar-refractivity contribution < 1.29 is 22.8 Å². The largest absolute Gasteiger partial charge is 0.417 e. The number of hydrogen-bond donors (Lipinski definition) is 2. The lowest BCUT2D eigenvalue weighted by Crippen LogP contribution is -2.30. The number of hydrogen-bond acceptors (Lipinski definition) is 2. The van der Waals surface area contributed by atoms with Crippen molar-refractivity contribution in [3.63, 3.8) is 0 Å². The summed E-state index contributed by atoms with van der Waals surface area (Å²) in [7, 11) is 0. The number of nitrogens with one attached hydrogen (secondary N) is 2. The number of alkyl halides is 3. The molecule has 0 aliphatic carbocycles. The van der Waals surface area contributed by atoms with Crippen LogP contribution in [0.25, 0.3) is 0 Å². The maximum absolute atomic E-state index is 12.7. The zero-order valence-corrected chi connectivity index (χ0v) is 12.8. The van der Waals surface area contributed by atoms with Gasteiger partial charge in [-0.05, 0) is 25.1 Å². The van der Waals surface area contributed by atoms with E-state index < -0.39 is 17.6 Å². The van der Waals surface area contributed by atoms with Crippen LogP contribution in [0.5, 0.6) is 0 Å². The molecule has 0 radical (unpaired) electrons. The third-order valence-electron chi connectivity index (χ3n) is 2.55. The molecule has 0 spiro atoms. The fourth-order valence-corrected chi connectivity index (χ4v) is 2.03. The first-order valence-electron chi connectivity index (χ1n) is 6.17. The SMILES string of the molecule is CCNC(=O)CCNC(=O)c1ccc(Br)c(C(F)(F)F)c1. The minimum absolute atomic E-state index is 0.0576. The van der Waals surface area contributed by atoms with E-state index in [2.05, 4.69) is 26.6 Å². The molecule has 21 heavy (non-hydrogen) atoms. The van der Waals surface area contributed by atoms with E-state index in [9.17, 15) is 22.8 Å². The van der Waals surface area contributed by atoms with Crippen molar-refractivity contribution in [3.05, 3.63) is 33.8 Å². The van der Waals surface area contributed by atoms with Gasteiger partial charge in [0.15, 0.2) is 0 Å². The van der Waals surface area contributed by atoms with Crippen molar-refractivity contribution in [1.29, 1.82) is 0 Å². The van der Waals surface area contributed by atoms with E-state index in [4.69, 9.17) is 0 Å². The highest BCUT2D eigenvalue weighted by Gasteiger charge is 2.33. The molecule has 1 aromatic carbocycles. The van der Waals surface area contributed by atoms with Crippen molar-refractivity contribution in [3.8, 4) is 0 Å². The summed E-state index contributed by atoms with van der Waals surface area (Å²) in [4.78, 5) is 22.9. The molecule has 0 saturated heterocycles. The van der Waals surface area contributed by atoms with E-state index in [-0.39, 0.29) is 28.9 Å². The zero-order valence-electron chi connectivity index (χ0n) is 11.2. The second kappa shape index (κ2) is 7.44. The Morgan fingerprint density at radius 3 is 2.48 bits per heavy atom. The van der Waals surface area contributed by atoms with Gasteiger partial charge in [0.05, 0.1) is 5.56 Å². The van der Waals surface area contributed by atoms with Gasteiger partial charge < -0.3 is 10.6 Å². The standard InChI is InChI=1S/C13H14BrF3N2O2/c1-2-18-11(20)5-6-19-12(21)8-3-4-10(14)9(7-8)13(15,16)17/h3-4,7H,2,5-6H2,1H3,(H,18,20)(H,19,21). The minimum atomic E-state index is -4.55. The molecule has 116 valence electrons.